The van der Waals surface area contributed by atoms with Crippen molar-refractivity contribution in [2.24, 2.45) is 5.92 Å². The lowest BCUT2D eigenvalue weighted by molar-refractivity contribution is -0.121. The number of rotatable bonds is 3. The van der Waals surface area contributed by atoms with Crippen molar-refractivity contribution in [2.75, 3.05) is 18.4 Å². The van der Waals surface area contributed by atoms with Gasteiger partial charge in [-0.15, -0.1) is 0 Å². The zero-order valence-electron chi connectivity index (χ0n) is 13.8. The monoisotopic (exact) mass is 410 g/mol. The predicted octanol–water partition coefficient (Wildman–Crippen LogP) is 5.14. The van der Waals surface area contributed by atoms with Crippen LogP contribution in [0.15, 0.2) is 42.5 Å². The van der Waals surface area contributed by atoms with Crippen LogP contribution >= 0.6 is 34.8 Å². The lowest BCUT2D eigenvalue weighted by Crippen LogP contribution is -2.41. The average molecular weight is 412 g/mol. The van der Waals surface area contributed by atoms with Gasteiger partial charge < -0.3 is 10.2 Å². The van der Waals surface area contributed by atoms with Crippen molar-refractivity contribution in [1.82, 2.24) is 4.90 Å². The van der Waals surface area contributed by atoms with Gasteiger partial charge in [-0.2, -0.15) is 0 Å². The fourth-order valence-electron chi connectivity index (χ4n) is 2.98. The van der Waals surface area contributed by atoms with Crippen molar-refractivity contribution in [1.29, 1.82) is 0 Å². The Labute approximate surface area is 167 Å². The number of likely N-dealkylation sites (tertiary alicyclic amines) is 1. The van der Waals surface area contributed by atoms with E-state index in [0.29, 0.717) is 52.2 Å². The van der Waals surface area contributed by atoms with Crippen LogP contribution in [0.3, 0.4) is 0 Å². The van der Waals surface area contributed by atoms with Crippen LogP contribution in [-0.2, 0) is 4.79 Å². The van der Waals surface area contributed by atoms with E-state index in [-0.39, 0.29) is 17.7 Å². The fraction of sp³-hybridized carbons (Fsp3) is 0.263. The molecular formula is C19H17Cl3N2O2. The highest BCUT2D eigenvalue weighted by atomic mass is 35.5. The molecule has 3 rings (SSSR count). The lowest BCUT2D eigenvalue weighted by atomic mass is 9.95. The molecule has 1 saturated heterocycles. The van der Waals surface area contributed by atoms with Gasteiger partial charge in [0, 0.05) is 34.6 Å². The smallest absolute Gasteiger partial charge is 0.253 e. The van der Waals surface area contributed by atoms with Gasteiger partial charge in [0.2, 0.25) is 5.91 Å². The van der Waals surface area contributed by atoms with E-state index in [0.717, 1.165) is 0 Å². The van der Waals surface area contributed by atoms with E-state index in [1.807, 2.05) is 0 Å². The maximum absolute atomic E-state index is 12.5. The fourth-order valence-corrected chi connectivity index (χ4v) is 3.50. The van der Waals surface area contributed by atoms with Crippen molar-refractivity contribution in [2.45, 2.75) is 12.8 Å². The molecule has 0 atom stereocenters. The van der Waals surface area contributed by atoms with Crippen molar-refractivity contribution in [3.63, 3.8) is 0 Å². The minimum absolute atomic E-state index is 0.0655. The van der Waals surface area contributed by atoms with Gasteiger partial charge in [0.15, 0.2) is 0 Å². The molecule has 0 radical (unpaired) electrons. The van der Waals surface area contributed by atoms with E-state index in [1.165, 1.54) is 0 Å². The molecule has 0 aliphatic carbocycles. The molecule has 26 heavy (non-hydrogen) atoms. The molecule has 1 fully saturated rings. The standard InChI is InChI=1S/C19H17Cl3N2O2/c20-14-3-1-2-13(10-14)19(26)24-8-6-12(7-9-24)18(25)23-17-11-15(21)4-5-16(17)22/h1-5,10-12H,6-9H2,(H,23,25). The van der Waals surface area contributed by atoms with Gasteiger partial charge in [0.05, 0.1) is 10.7 Å². The first-order valence-corrected chi connectivity index (χ1v) is 9.38. The Morgan fingerprint density at radius 2 is 1.65 bits per heavy atom. The van der Waals surface area contributed by atoms with Crippen LogP contribution in [0.4, 0.5) is 5.69 Å². The van der Waals surface area contributed by atoms with E-state index in [1.54, 1.807) is 47.4 Å². The number of halogens is 3. The van der Waals surface area contributed by atoms with Gasteiger partial charge in [-0.3, -0.25) is 9.59 Å². The molecule has 7 heteroatoms. The lowest BCUT2D eigenvalue weighted by Gasteiger charge is -2.31. The number of carbonyl (C=O) groups excluding carboxylic acids is 2. The molecule has 1 aliphatic heterocycles. The van der Waals surface area contributed by atoms with Crippen molar-refractivity contribution >= 4 is 52.3 Å². The van der Waals surface area contributed by atoms with Crippen LogP contribution in [0, 0.1) is 5.92 Å². The molecule has 2 amide bonds. The second kappa shape index (κ2) is 8.30. The van der Waals surface area contributed by atoms with Crippen LogP contribution in [0.1, 0.15) is 23.2 Å². The molecule has 0 saturated carbocycles. The SMILES string of the molecule is O=C(Nc1cc(Cl)ccc1Cl)C1CCN(C(=O)c2cccc(Cl)c2)CC1. The third-order valence-corrected chi connectivity index (χ3v) is 5.21. The van der Waals surface area contributed by atoms with Gasteiger partial charge in [0.25, 0.3) is 5.91 Å². The van der Waals surface area contributed by atoms with Gasteiger partial charge in [0.1, 0.15) is 0 Å². The Balaban J connectivity index is 1.58. The summed E-state index contributed by atoms with van der Waals surface area (Å²) in [6, 6.07) is 11.8. The topological polar surface area (TPSA) is 49.4 Å². The van der Waals surface area contributed by atoms with E-state index in [4.69, 9.17) is 34.8 Å². The zero-order chi connectivity index (χ0) is 18.7. The van der Waals surface area contributed by atoms with Crippen LogP contribution in [0.5, 0.6) is 0 Å². The number of hydrogen-bond donors (Lipinski definition) is 1. The molecule has 0 bridgehead atoms. The summed E-state index contributed by atoms with van der Waals surface area (Å²) in [7, 11) is 0. The first-order chi connectivity index (χ1) is 12.4. The van der Waals surface area contributed by atoms with Gasteiger partial charge in [-0.25, -0.2) is 0 Å². The molecule has 2 aromatic carbocycles. The largest absolute Gasteiger partial charge is 0.339 e. The van der Waals surface area contributed by atoms with E-state index < -0.39 is 0 Å². The van der Waals surface area contributed by atoms with E-state index in [9.17, 15) is 9.59 Å². The van der Waals surface area contributed by atoms with Crippen molar-refractivity contribution in [3.8, 4) is 0 Å². The number of carbonyl (C=O) groups is 2. The third kappa shape index (κ3) is 4.50. The highest BCUT2D eigenvalue weighted by molar-refractivity contribution is 6.35. The molecule has 1 aliphatic rings. The summed E-state index contributed by atoms with van der Waals surface area (Å²) in [4.78, 5) is 26.8. The zero-order valence-corrected chi connectivity index (χ0v) is 16.1. The Hall–Kier alpha value is -1.75. The normalized spacial score (nSPS) is 15.0. The molecule has 4 nitrogen and oxygen atoms in total. The summed E-state index contributed by atoms with van der Waals surface area (Å²) in [5.74, 6) is -0.346. The maximum Gasteiger partial charge on any atom is 0.253 e. The number of amides is 2. The Bertz CT molecular complexity index is 833. The molecular weight excluding hydrogens is 395 g/mol. The van der Waals surface area contributed by atoms with Crippen LogP contribution in [0.25, 0.3) is 0 Å². The van der Waals surface area contributed by atoms with Crippen molar-refractivity contribution < 1.29 is 9.59 Å². The number of nitrogens with zero attached hydrogens (tertiary/aromatic N) is 1. The average Bonchev–Trinajstić information content (AvgIpc) is 2.64. The molecule has 136 valence electrons. The van der Waals surface area contributed by atoms with Crippen LogP contribution < -0.4 is 5.32 Å². The maximum atomic E-state index is 12.5. The molecule has 2 aromatic rings. The number of hydrogen-bond acceptors (Lipinski definition) is 2. The van der Waals surface area contributed by atoms with Gasteiger partial charge >= 0.3 is 0 Å². The van der Waals surface area contributed by atoms with Crippen LogP contribution in [-0.4, -0.2) is 29.8 Å². The summed E-state index contributed by atoms with van der Waals surface area (Å²) in [5, 5.41) is 4.31. The summed E-state index contributed by atoms with van der Waals surface area (Å²) in [5.41, 5.74) is 1.06. The second-order valence-corrected chi connectivity index (χ2v) is 7.47. The first-order valence-electron chi connectivity index (χ1n) is 8.25. The number of piperidine rings is 1. The minimum atomic E-state index is -0.173. The summed E-state index contributed by atoms with van der Waals surface area (Å²) >= 11 is 18.0. The van der Waals surface area contributed by atoms with Gasteiger partial charge in [-0.05, 0) is 49.2 Å². The number of nitrogens with one attached hydrogen (secondary N) is 1. The quantitative estimate of drug-likeness (QED) is 0.760. The Morgan fingerprint density at radius 3 is 2.35 bits per heavy atom. The third-order valence-electron chi connectivity index (χ3n) is 4.41. The number of benzene rings is 2. The first kappa shape index (κ1) is 19.0. The predicted molar refractivity (Wildman–Crippen MR) is 105 cm³/mol. The van der Waals surface area contributed by atoms with Crippen LogP contribution in [0.2, 0.25) is 15.1 Å². The van der Waals surface area contributed by atoms with Gasteiger partial charge in [-0.1, -0.05) is 40.9 Å². The summed E-state index contributed by atoms with van der Waals surface area (Å²) < 4.78 is 0. The molecule has 1 heterocycles. The molecule has 0 unspecified atom stereocenters. The minimum Gasteiger partial charge on any atom is -0.339 e. The summed E-state index contributed by atoms with van der Waals surface area (Å²) in [6.07, 6.45) is 1.19. The van der Waals surface area contributed by atoms with E-state index in [2.05, 4.69) is 5.32 Å². The second-order valence-electron chi connectivity index (χ2n) is 6.19. The molecule has 0 aromatic heterocycles. The Morgan fingerprint density at radius 1 is 0.962 bits per heavy atom. The van der Waals surface area contributed by atoms with Crippen molar-refractivity contribution in [3.05, 3.63) is 63.1 Å². The Kier molecular flexibility index (Phi) is 6.07. The van der Waals surface area contributed by atoms with E-state index >= 15 is 0 Å². The summed E-state index contributed by atoms with van der Waals surface area (Å²) in [6.45, 7) is 1.04. The number of anilines is 1. The molecule has 0 spiro atoms. The highest BCUT2D eigenvalue weighted by Crippen LogP contribution is 2.27. The molecule has 1 N–H and O–H groups in total. The highest BCUT2D eigenvalue weighted by Gasteiger charge is 2.28.